The minimum absolute atomic E-state index is 0.179. The summed E-state index contributed by atoms with van der Waals surface area (Å²) in [5.41, 5.74) is -4.44. The van der Waals surface area contributed by atoms with Crippen molar-refractivity contribution in [3.8, 4) is 0 Å². The fraction of sp³-hybridized carbons (Fsp3) is 0.579. The van der Waals surface area contributed by atoms with Crippen molar-refractivity contribution < 1.29 is 19.1 Å². The number of rotatable bonds is 4. The summed E-state index contributed by atoms with van der Waals surface area (Å²) in [5.74, 6) is -1.60. The summed E-state index contributed by atoms with van der Waals surface area (Å²) in [6.07, 6.45) is 0.756. The maximum Gasteiger partial charge on any atom is 0.351 e. The molecule has 0 fully saturated rings. The summed E-state index contributed by atoms with van der Waals surface area (Å²) >= 11 is 0. The molecule has 0 aliphatic rings. The van der Waals surface area contributed by atoms with Gasteiger partial charge >= 0.3 is 23.3 Å². The van der Waals surface area contributed by atoms with E-state index < -0.39 is 46.6 Å². The topological polar surface area (TPSA) is 136 Å². The number of aromatic nitrogens is 4. The van der Waals surface area contributed by atoms with Gasteiger partial charge in [-0.3, -0.25) is 23.3 Å². The molecule has 0 bridgehead atoms. The Kier molecular flexibility index (Phi) is 6.15. The lowest BCUT2D eigenvalue weighted by Crippen LogP contribution is -2.38. The van der Waals surface area contributed by atoms with Crippen LogP contribution in [0.25, 0.3) is 11.2 Å². The van der Waals surface area contributed by atoms with E-state index in [9.17, 15) is 24.0 Å². The highest BCUT2D eigenvalue weighted by atomic mass is 16.6. The number of carbonyl (C=O) groups is 2. The third kappa shape index (κ3) is 5.19. The Balaban J connectivity index is 2.74. The van der Waals surface area contributed by atoms with Crippen LogP contribution in [-0.2, 0) is 39.7 Å². The van der Waals surface area contributed by atoms with Crippen LogP contribution in [0, 0.1) is 0 Å². The summed E-state index contributed by atoms with van der Waals surface area (Å²) in [5, 5.41) is 3.82. The van der Waals surface area contributed by atoms with Crippen LogP contribution in [0.2, 0.25) is 0 Å². The molecule has 0 unspecified atom stereocenters. The second-order valence-corrected chi connectivity index (χ2v) is 8.92. The number of aryl methyl sites for hydroxylation is 1. The Labute approximate surface area is 177 Å². The highest BCUT2D eigenvalue weighted by Gasteiger charge is 2.25. The lowest BCUT2D eigenvalue weighted by Gasteiger charge is -2.19. The van der Waals surface area contributed by atoms with E-state index in [1.165, 1.54) is 14.1 Å². The molecule has 0 aliphatic heterocycles. The summed E-state index contributed by atoms with van der Waals surface area (Å²) in [6.45, 7) is 9.36. The Morgan fingerprint density at radius 3 is 1.97 bits per heavy atom. The van der Waals surface area contributed by atoms with Crippen molar-refractivity contribution in [1.29, 1.82) is 0 Å². The SMILES string of the molecule is Cn1c(=O)c2c(n(C)c1=O)n(/N=C/C(=O)OC(C)(C)C)c(=O)n2CC(=O)OC(C)(C)C. The van der Waals surface area contributed by atoms with Crippen molar-refractivity contribution in [3.63, 3.8) is 0 Å². The summed E-state index contributed by atoms with van der Waals surface area (Å²) < 4.78 is 13.7. The standard InChI is InChI=1S/C19H27N5O7/c1-18(2,3)30-11(25)9-20-24-14-13(15(27)22(8)16(28)21(14)7)23(17(24)29)10-12(26)31-19(4,5)6/h9H,10H2,1-8H3/b20-9+. The molecule has 0 atom stereocenters. The lowest BCUT2D eigenvalue weighted by molar-refractivity contribution is -0.155. The molecule has 170 valence electrons. The van der Waals surface area contributed by atoms with Crippen molar-refractivity contribution >= 4 is 29.3 Å². The number of imidazole rings is 1. The monoisotopic (exact) mass is 437 g/mol. The van der Waals surface area contributed by atoms with Crippen LogP contribution in [-0.4, -0.2) is 47.7 Å². The highest BCUT2D eigenvalue weighted by molar-refractivity contribution is 6.23. The number of esters is 2. The molecule has 31 heavy (non-hydrogen) atoms. The smallest absolute Gasteiger partial charge is 0.351 e. The minimum Gasteiger partial charge on any atom is -0.459 e. The van der Waals surface area contributed by atoms with Gasteiger partial charge in [-0.1, -0.05) is 0 Å². The number of nitrogens with zero attached hydrogens (tertiary/aromatic N) is 5. The Hall–Kier alpha value is -3.44. The highest BCUT2D eigenvalue weighted by Crippen LogP contribution is 2.11. The zero-order chi connectivity index (χ0) is 23.9. The minimum atomic E-state index is -0.904. The number of hydrogen-bond donors (Lipinski definition) is 0. The van der Waals surface area contributed by atoms with Gasteiger partial charge in [0.1, 0.15) is 24.0 Å². The third-order valence-electron chi connectivity index (χ3n) is 3.89. The third-order valence-corrected chi connectivity index (χ3v) is 3.89. The van der Waals surface area contributed by atoms with Gasteiger partial charge in [-0.2, -0.15) is 9.78 Å². The van der Waals surface area contributed by atoms with Gasteiger partial charge in [0.15, 0.2) is 11.2 Å². The second kappa shape index (κ2) is 8.00. The summed E-state index contributed by atoms with van der Waals surface area (Å²) in [4.78, 5) is 62.5. The normalized spacial score (nSPS) is 12.5. The fourth-order valence-corrected chi connectivity index (χ4v) is 2.78. The number of carbonyl (C=O) groups excluding carboxylic acids is 2. The van der Waals surface area contributed by atoms with E-state index in [1.54, 1.807) is 41.5 Å². The van der Waals surface area contributed by atoms with Crippen LogP contribution in [0.5, 0.6) is 0 Å². The zero-order valence-corrected chi connectivity index (χ0v) is 18.9. The lowest BCUT2D eigenvalue weighted by atomic mass is 10.2. The van der Waals surface area contributed by atoms with Gasteiger partial charge in [0.25, 0.3) is 5.56 Å². The average Bonchev–Trinajstić information content (AvgIpc) is 2.85. The molecule has 2 heterocycles. The van der Waals surface area contributed by atoms with Crippen LogP contribution in [0.1, 0.15) is 41.5 Å². The van der Waals surface area contributed by atoms with E-state index in [4.69, 9.17) is 9.47 Å². The van der Waals surface area contributed by atoms with E-state index in [0.717, 1.165) is 19.9 Å². The molecular weight excluding hydrogens is 410 g/mol. The van der Waals surface area contributed by atoms with E-state index in [0.29, 0.717) is 4.68 Å². The molecule has 0 amide bonds. The Morgan fingerprint density at radius 2 is 1.45 bits per heavy atom. The molecule has 0 N–H and O–H groups in total. The molecule has 12 nitrogen and oxygen atoms in total. The first-order chi connectivity index (χ1) is 14.0. The zero-order valence-electron chi connectivity index (χ0n) is 18.9. The predicted molar refractivity (Wildman–Crippen MR) is 112 cm³/mol. The van der Waals surface area contributed by atoms with Gasteiger partial charge in [-0.05, 0) is 41.5 Å². The predicted octanol–water partition coefficient (Wildman–Crippen LogP) is -0.282. The second-order valence-electron chi connectivity index (χ2n) is 8.92. The first kappa shape index (κ1) is 23.8. The first-order valence-electron chi connectivity index (χ1n) is 9.44. The Morgan fingerprint density at radius 1 is 0.903 bits per heavy atom. The van der Waals surface area contributed by atoms with Crippen molar-refractivity contribution in [2.45, 2.75) is 59.3 Å². The van der Waals surface area contributed by atoms with Crippen LogP contribution in [0.4, 0.5) is 0 Å². The van der Waals surface area contributed by atoms with Crippen molar-refractivity contribution in [3.05, 3.63) is 31.3 Å². The van der Waals surface area contributed by atoms with Crippen molar-refractivity contribution in [1.82, 2.24) is 18.4 Å². The molecule has 12 heteroatoms. The number of ether oxygens (including phenoxy) is 2. The fourth-order valence-electron chi connectivity index (χ4n) is 2.78. The molecule has 0 saturated heterocycles. The Bertz CT molecular complexity index is 1240. The summed E-state index contributed by atoms with van der Waals surface area (Å²) in [7, 11) is 2.58. The van der Waals surface area contributed by atoms with Gasteiger partial charge in [-0.15, -0.1) is 0 Å². The number of fused-ring (bicyclic) bond motifs is 1. The van der Waals surface area contributed by atoms with Crippen LogP contribution < -0.4 is 16.9 Å². The quantitative estimate of drug-likeness (QED) is 0.474. The van der Waals surface area contributed by atoms with E-state index in [1.807, 2.05) is 0 Å². The molecule has 2 rings (SSSR count). The molecule has 0 aromatic carbocycles. The van der Waals surface area contributed by atoms with Crippen LogP contribution >= 0.6 is 0 Å². The van der Waals surface area contributed by atoms with E-state index >= 15 is 0 Å². The molecule has 2 aromatic rings. The molecule has 2 aromatic heterocycles. The molecule has 0 saturated carbocycles. The van der Waals surface area contributed by atoms with Gasteiger partial charge < -0.3 is 9.47 Å². The van der Waals surface area contributed by atoms with Gasteiger partial charge in [0, 0.05) is 14.1 Å². The molecular formula is C19H27N5O7. The maximum absolute atomic E-state index is 13.0. The van der Waals surface area contributed by atoms with Crippen molar-refractivity contribution in [2.75, 3.05) is 0 Å². The molecule has 0 spiro atoms. The van der Waals surface area contributed by atoms with Crippen molar-refractivity contribution in [2.24, 2.45) is 19.2 Å². The van der Waals surface area contributed by atoms with Crippen LogP contribution in [0.15, 0.2) is 19.5 Å². The van der Waals surface area contributed by atoms with Crippen LogP contribution in [0.3, 0.4) is 0 Å². The van der Waals surface area contributed by atoms with Gasteiger partial charge in [-0.25, -0.2) is 14.4 Å². The van der Waals surface area contributed by atoms with Gasteiger partial charge in [0.05, 0.1) is 0 Å². The first-order valence-corrected chi connectivity index (χ1v) is 9.44. The molecule has 0 aliphatic carbocycles. The van der Waals surface area contributed by atoms with Gasteiger partial charge in [0.2, 0.25) is 0 Å². The van der Waals surface area contributed by atoms with E-state index in [2.05, 4.69) is 5.10 Å². The molecule has 0 radical (unpaired) electrons. The van der Waals surface area contributed by atoms with E-state index in [-0.39, 0.29) is 11.2 Å². The largest absolute Gasteiger partial charge is 0.459 e. The number of hydrogen-bond acceptors (Lipinski definition) is 8. The average molecular weight is 437 g/mol. The summed E-state index contributed by atoms with van der Waals surface area (Å²) in [6, 6.07) is 0. The maximum atomic E-state index is 13.0.